The van der Waals surface area contributed by atoms with Gasteiger partial charge < -0.3 is 20.1 Å². The Kier molecular flexibility index (Phi) is 7.36. The van der Waals surface area contributed by atoms with Gasteiger partial charge in [-0.15, -0.1) is 10.2 Å². The first kappa shape index (κ1) is 23.7. The van der Waals surface area contributed by atoms with Crippen LogP contribution in [0.15, 0.2) is 22.5 Å². The first-order valence-electron chi connectivity index (χ1n) is 10.2. The van der Waals surface area contributed by atoms with Gasteiger partial charge in [-0.25, -0.2) is 12.7 Å². The summed E-state index contributed by atoms with van der Waals surface area (Å²) in [4.78, 5) is 24.6. The maximum Gasteiger partial charge on any atom is 0.231 e. The first-order valence-corrected chi connectivity index (χ1v) is 13.8. The summed E-state index contributed by atoms with van der Waals surface area (Å²) >= 11 is 2.43. The van der Waals surface area contributed by atoms with Crippen molar-refractivity contribution in [1.29, 1.82) is 0 Å². The number of amides is 2. The summed E-state index contributed by atoms with van der Waals surface area (Å²) in [5.74, 6) is 0.898. The van der Waals surface area contributed by atoms with Crippen LogP contribution in [0.1, 0.15) is 18.4 Å². The third-order valence-electron chi connectivity index (χ3n) is 5.18. The Morgan fingerprint density at radius 3 is 2.73 bits per heavy atom. The zero-order valence-corrected chi connectivity index (χ0v) is 20.2. The van der Waals surface area contributed by atoms with E-state index in [0.717, 1.165) is 5.56 Å². The lowest BCUT2D eigenvalue weighted by molar-refractivity contribution is -0.121. The SMILES string of the molecule is CS(=O)(=O)N1CCC(C(=O)Nc2nnc(SCC(=O)NCc3ccc4c(c3)OCO4)s2)CC1. The van der Waals surface area contributed by atoms with E-state index < -0.39 is 10.0 Å². The molecule has 0 atom stereocenters. The number of nitrogens with zero attached hydrogens (tertiary/aromatic N) is 3. The lowest BCUT2D eigenvalue weighted by atomic mass is 9.97. The number of rotatable bonds is 8. The topological polar surface area (TPSA) is 140 Å². The number of nitrogens with one attached hydrogen (secondary N) is 2. The minimum Gasteiger partial charge on any atom is -0.454 e. The highest BCUT2D eigenvalue weighted by Crippen LogP contribution is 2.32. The average Bonchev–Trinajstić information content (AvgIpc) is 3.44. The highest BCUT2D eigenvalue weighted by atomic mass is 32.2. The highest BCUT2D eigenvalue weighted by Gasteiger charge is 2.29. The van der Waals surface area contributed by atoms with Crippen LogP contribution in [0.2, 0.25) is 0 Å². The second-order valence-corrected chi connectivity index (χ2v) is 11.7. The molecule has 2 aromatic rings. The molecule has 0 unspecified atom stereocenters. The van der Waals surface area contributed by atoms with Gasteiger partial charge in [0.1, 0.15) is 0 Å². The molecule has 33 heavy (non-hydrogen) atoms. The van der Waals surface area contributed by atoms with Gasteiger partial charge in [-0.3, -0.25) is 9.59 Å². The number of carbonyl (C=O) groups is 2. The second-order valence-electron chi connectivity index (χ2n) is 7.55. The third-order valence-corrected chi connectivity index (χ3v) is 8.46. The van der Waals surface area contributed by atoms with Crippen molar-refractivity contribution in [3.05, 3.63) is 23.8 Å². The predicted molar refractivity (Wildman–Crippen MR) is 123 cm³/mol. The van der Waals surface area contributed by atoms with Gasteiger partial charge in [0.2, 0.25) is 33.8 Å². The number of aromatic nitrogens is 2. The fourth-order valence-corrected chi connectivity index (χ4v) is 5.86. The number of ether oxygens (including phenoxy) is 2. The van der Waals surface area contributed by atoms with Crippen LogP contribution < -0.4 is 20.1 Å². The van der Waals surface area contributed by atoms with Crippen molar-refractivity contribution in [2.75, 3.05) is 37.2 Å². The molecular weight excluding hydrogens is 490 g/mol. The van der Waals surface area contributed by atoms with Crippen LogP contribution in [0.4, 0.5) is 5.13 Å². The van der Waals surface area contributed by atoms with E-state index in [4.69, 9.17) is 9.47 Å². The Morgan fingerprint density at radius 1 is 1.21 bits per heavy atom. The lowest BCUT2D eigenvalue weighted by Gasteiger charge is -2.29. The van der Waals surface area contributed by atoms with Crippen LogP contribution in [0.3, 0.4) is 0 Å². The van der Waals surface area contributed by atoms with Crippen molar-refractivity contribution in [3.8, 4) is 11.5 Å². The molecule has 4 rings (SSSR count). The number of thioether (sulfide) groups is 1. The summed E-state index contributed by atoms with van der Waals surface area (Å²) < 4.78 is 35.7. The number of sulfonamides is 1. The molecule has 0 bridgehead atoms. The number of benzene rings is 1. The number of hydrogen-bond donors (Lipinski definition) is 2. The van der Waals surface area contributed by atoms with Gasteiger partial charge in [0, 0.05) is 25.6 Å². The Morgan fingerprint density at radius 2 is 1.97 bits per heavy atom. The molecular formula is C19H23N5O6S3. The largest absolute Gasteiger partial charge is 0.454 e. The zero-order valence-electron chi connectivity index (χ0n) is 17.8. The fraction of sp³-hybridized carbons (Fsp3) is 0.474. The zero-order chi connectivity index (χ0) is 23.4. The molecule has 178 valence electrons. The van der Waals surface area contributed by atoms with Crippen molar-refractivity contribution in [2.24, 2.45) is 5.92 Å². The molecule has 1 aromatic carbocycles. The minimum absolute atomic E-state index is 0.156. The van der Waals surface area contributed by atoms with Crippen molar-refractivity contribution in [1.82, 2.24) is 19.8 Å². The third kappa shape index (κ3) is 6.34. The van der Waals surface area contributed by atoms with Gasteiger partial charge in [0.05, 0.1) is 12.0 Å². The molecule has 3 heterocycles. The first-order chi connectivity index (χ1) is 15.8. The molecule has 0 spiro atoms. The summed E-state index contributed by atoms with van der Waals surface area (Å²) in [6, 6.07) is 5.51. The van der Waals surface area contributed by atoms with Gasteiger partial charge >= 0.3 is 0 Å². The Labute approximate surface area is 199 Å². The molecule has 1 aromatic heterocycles. The van der Waals surface area contributed by atoms with Crippen molar-refractivity contribution < 1.29 is 27.5 Å². The van der Waals surface area contributed by atoms with Gasteiger partial charge in [0.25, 0.3) is 0 Å². The van der Waals surface area contributed by atoms with Crippen LogP contribution in [-0.4, -0.2) is 66.6 Å². The summed E-state index contributed by atoms with van der Waals surface area (Å²) in [7, 11) is -3.23. The Hall–Kier alpha value is -2.42. The summed E-state index contributed by atoms with van der Waals surface area (Å²) in [5.41, 5.74) is 0.904. The molecule has 0 radical (unpaired) electrons. The molecule has 14 heteroatoms. The number of piperidine rings is 1. The molecule has 2 aliphatic heterocycles. The molecule has 0 saturated carbocycles. The van der Waals surface area contributed by atoms with E-state index in [0.29, 0.717) is 53.4 Å². The van der Waals surface area contributed by atoms with Gasteiger partial charge in [0.15, 0.2) is 15.8 Å². The number of fused-ring (bicyclic) bond motifs is 1. The lowest BCUT2D eigenvalue weighted by Crippen LogP contribution is -2.40. The van der Waals surface area contributed by atoms with Crippen molar-refractivity contribution in [2.45, 2.75) is 23.7 Å². The average molecular weight is 514 g/mol. The quantitative estimate of drug-likeness (QED) is 0.395. The highest BCUT2D eigenvalue weighted by molar-refractivity contribution is 8.01. The molecule has 1 saturated heterocycles. The summed E-state index contributed by atoms with van der Waals surface area (Å²) in [6.45, 7) is 1.23. The van der Waals surface area contributed by atoms with Crippen molar-refractivity contribution >= 4 is 50.1 Å². The summed E-state index contributed by atoms with van der Waals surface area (Å²) in [6.07, 6.45) is 2.09. The Balaban J connectivity index is 1.19. The molecule has 1 fully saturated rings. The van der Waals surface area contributed by atoms with Crippen LogP contribution in [0.5, 0.6) is 11.5 Å². The molecule has 2 aliphatic rings. The van der Waals surface area contributed by atoms with E-state index >= 15 is 0 Å². The maximum absolute atomic E-state index is 12.5. The molecule has 2 N–H and O–H groups in total. The van der Waals surface area contributed by atoms with Crippen LogP contribution in [0.25, 0.3) is 0 Å². The number of anilines is 1. The molecule has 0 aliphatic carbocycles. The van der Waals surface area contributed by atoms with E-state index in [9.17, 15) is 18.0 Å². The van der Waals surface area contributed by atoms with Crippen LogP contribution in [-0.2, 0) is 26.2 Å². The molecule has 11 nitrogen and oxygen atoms in total. The molecule has 2 amide bonds. The van der Waals surface area contributed by atoms with Crippen molar-refractivity contribution in [3.63, 3.8) is 0 Å². The number of carbonyl (C=O) groups excluding carboxylic acids is 2. The van der Waals surface area contributed by atoms with Gasteiger partial charge in [-0.2, -0.15) is 0 Å². The van der Waals surface area contributed by atoms with E-state index in [2.05, 4.69) is 20.8 Å². The smallest absolute Gasteiger partial charge is 0.231 e. The minimum atomic E-state index is -3.23. The second kappa shape index (κ2) is 10.2. The van der Waals surface area contributed by atoms with E-state index in [1.807, 2.05) is 18.2 Å². The van der Waals surface area contributed by atoms with Crippen LogP contribution >= 0.6 is 23.1 Å². The fourth-order valence-electron chi connectivity index (χ4n) is 3.41. The van der Waals surface area contributed by atoms with Gasteiger partial charge in [-0.1, -0.05) is 29.2 Å². The monoisotopic (exact) mass is 513 g/mol. The van der Waals surface area contributed by atoms with E-state index in [1.165, 1.54) is 33.7 Å². The summed E-state index contributed by atoms with van der Waals surface area (Å²) in [5, 5.41) is 13.9. The van der Waals surface area contributed by atoms with Crippen LogP contribution in [0, 0.1) is 5.92 Å². The standard InChI is InChI=1S/C19H23N5O6S3/c1-33(27,28)24-6-4-13(5-7-24)17(26)21-18-22-23-19(32-18)31-10-16(25)20-9-12-2-3-14-15(8-12)30-11-29-14/h2-3,8,13H,4-7,9-11H2,1H3,(H,20,25)(H,21,22,26). The Bertz CT molecular complexity index is 1130. The maximum atomic E-state index is 12.5. The van der Waals surface area contributed by atoms with E-state index in [-0.39, 0.29) is 30.3 Å². The normalized spacial score (nSPS) is 16.5. The predicted octanol–water partition coefficient (Wildman–Crippen LogP) is 1.29. The number of hydrogen-bond acceptors (Lipinski definition) is 10. The van der Waals surface area contributed by atoms with E-state index in [1.54, 1.807) is 0 Å². The van der Waals surface area contributed by atoms with Gasteiger partial charge in [-0.05, 0) is 30.5 Å².